The largest absolute Gasteiger partial charge is 0.383 e. The minimum Gasteiger partial charge on any atom is -0.383 e. The van der Waals surface area contributed by atoms with Gasteiger partial charge in [0.05, 0.1) is 13.2 Å². The van der Waals surface area contributed by atoms with Gasteiger partial charge in [0.25, 0.3) is 0 Å². The lowest BCUT2D eigenvalue weighted by molar-refractivity contribution is -0.133. The first-order chi connectivity index (χ1) is 14.4. The lowest BCUT2D eigenvalue weighted by Gasteiger charge is -2.28. The minimum atomic E-state index is -0.352. The number of carbonyl (C=O) groups excluding carboxylic acids is 2. The molecule has 1 fully saturated rings. The summed E-state index contributed by atoms with van der Waals surface area (Å²) in [7, 11) is 3.54. The van der Waals surface area contributed by atoms with E-state index >= 15 is 0 Å². The highest BCUT2D eigenvalue weighted by Gasteiger charge is 2.34. The average molecular weight is 433 g/mol. The second kappa shape index (κ2) is 10.00. The van der Waals surface area contributed by atoms with Gasteiger partial charge in [0.15, 0.2) is 0 Å². The Labute approximate surface area is 182 Å². The van der Waals surface area contributed by atoms with Crippen LogP contribution in [-0.4, -0.2) is 59.2 Å². The van der Waals surface area contributed by atoms with E-state index in [1.165, 1.54) is 4.90 Å². The molecule has 0 bridgehead atoms. The molecule has 1 heterocycles. The van der Waals surface area contributed by atoms with Gasteiger partial charge in [-0.2, -0.15) is 0 Å². The fraction of sp³-hybridized carbons (Fsp3) is 0.455. The van der Waals surface area contributed by atoms with E-state index < -0.39 is 0 Å². The third-order valence-electron chi connectivity index (χ3n) is 5.29. The summed E-state index contributed by atoms with van der Waals surface area (Å²) < 4.78 is 7.15. The number of amides is 3. The molecule has 0 atom stereocenters. The number of nitrogens with zero attached hydrogens (tertiary/aromatic N) is 3. The van der Waals surface area contributed by atoms with Crippen LogP contribution >= 0.6 is 11.6 Å². The molecule has 0 spiro atoms. The van der Waals surface area contributed by atoms with Crippen LogP contribution in [0, 0.1) is 6.92 Å². The van der Waals surface area contributed by atoms with Gasteiger partial charge in [0.2, 0.25) is 5.91 Å². The molecule has 1 N–H and O–H groups in total. The summed E-state index contributed by atoms with van der Waals surface area (Å²) in [6.45, 7) is 3.10. The van der Waals surface area contributed by atoms with Crippen molar-refractivity contribution in [1.29, 1.82) is 0 Å². The molecule has 3 rings (SSSR count). The van der Waals surface area contributed by atoms with Gasteiger partial charge in [0.1, 0.15) is 6.54 Å². The number of aromatic nitrogens is 1. The Morgan fingerprint density at radius 1 is 1.30 bits per heavy atom. The first-order valence-electron chi connectivity index (χ1n) is 10.1. The number of anilines is 1. The molecule has 0 aliphatic heterocycles. The number of rotatable bonds is 9. The normalized spacial score (nSPS) is 13.2. The second-order valence-corrected chi connectivity index (χ2v) is 8.08. The van der Waals surface area contributed by atoms with Crippen LogP contribution in [0.4, 0.5) is 10.5 Å². The summed E-state index contributed by atoms with van der Waals surface area (Å²) in [6, 6.07) is 9.22. The van der Waals surface area contributed by atoms with E-state index in [1.54, 1.807) is 19.2 Å². The molecule has 1 saturated carbocycles. The van der Waals surface area contributed by atoms with Crippen molar-refractivity contribution >= 4 is 29.2 Å². The summed E-state index contributed by atoms with van der Waals surface area (Å²) in [5, 5.41) is 3.41. The number of urea groups is 1. The number of aryl methyl sites for hydroxylation is 2. The molecule has 1 aromatic carbocycles. The van der Waals surface area contributed by atoms with Gasteiger partial charge in [-0.25, -0.2) is 4.79 Å². The molecule has 1 aliphatic rings. The smallest absolute Gasteiger partial charge is 0.322 e. The molecular weight excluding hydrogens is 404 g/mol. The maximum atomic E-state index is 13.1. The van der Waals surface area contributed by atoms with Gasteiger partial charge in [0, 0.05) is 49.3 Å². The van der Waals surface area contributed by atoms with Gasteiger partial charge in [-0.1, -0.05) is 17.7 Å². The van der Waals surface area contributed by atoms with Gasteiger partial charge in [-0.05, 0) is 49.6 Å². The van der Waals surface area contributed by atoms with Crippen molar-refractivity contribution in [3.05, 3.63) is 52.8 Å². The fourth-order valence-corrected chi connectivity index (χ4v) is 3.40. The van der Waals surface area contributed by atoms with E-state index in [0.717, 1.165) is 24.1 Å². The highest BCUT2D eigenvalue weighted by molar-refractivity contribution is 6.31. The summed E-state index contributed by atoms with van der Waals surface area (Å²) >= 11 is 6.16. The zero-order chi connectivity index (χ0) is 21.7. The SMILES string of the molecule is COCCN(CC(=O)N(Cc1cccn1C)C1CC1)C(=O)Nc1ccc(C)c(Cl)c1. The highest BCUT2D eigenvalue weighted by Crippen LogP contribution is 2.28. The number of nitrogens with one attached hydrogen (secondary N) is 1. The second-order valence-electron chi connectivity index (χ2n) is 7.67. The number of carbonyl (C=O) groups is 2. The molecule has 8 heteroatoms. The quantitative estimate of drug-likeness (QED) is 0.657. The van der Waals surface area contributed by atoms with Gasteiger partial charge in [-0.3, -0.25) is 4.79 Å². The number of hydrogen-bond donors (Lipinski definition) is 1. The molecule has 0 unspecified atom stereocenters. The zero-order valence-corrected chi connectivity index (χ0v) is 18.5. The highest BCUT2D eigenvalue weighted by atomic mass is 35.5. The molecule has 30 heavy (non-hydrogen) atoms. The third-order valence-corrected chi connectivity index (χ3v) is 5.70. The Bertz CT molecular complexity index is 894. The van der Waals surface area contributed by atoms with Crippen molar-refractivity contribution in [2.75, 3.05) is 32.1 Å². The number of ether oxygens (including phenoxy) is 1. The van der Waals surface area contributed by atoms with Crippen LogP contribution in [0.5, 0.6) is 0 Å². The van der Waals surface area contributed by atoms with Crippen LogP contribution in [0.2, 0.25) is 5.02 Å². The van der Waals surface area contributed by atoms with Crippen molar-refractivity contribution < 1.29 is 14.3 Å². The van der Waals surface area contributed by atoms with Crippen LogP contribution in [0.15, 0.2) is 36.5 Å². The summed E-state index contributed by atoms with van der Waals surface area (Å²) in [4.78, 5) is 29.4. The molecule has 1 aromatic heterocycles. The van der Waals surface area contributed by atoms with Crippen molar-refractivity contribution in [3.8, 4) is 0 Å². The van der Waals surface area contributed by atoms with E-state index in [9.17, 15) is 9.59 Å². The number of hydrogen-bond acceptors (Lipinski definition) is 3. The van der Waals surface area contributed by atoms with E-state index in [4.69, 9.17) is 16.3 Å². The lowest BCUT2D eigenvalue weighted by Crippen LogP contribution is -2.46. The van der Waals surface area contributed by atoms with Crippen molar-refractivity contribution in [2.24, 2.45) is 7.05 Å². The number of methoxy groups -OCH3 is 1. The molecule has 7 nitrogen and oxygen atoms in total. The molecule has 3 amide bonds. The molecule has 162 valence electrons. The van der Waals surface area contributed by atoms with Gasteiger partial charge < -0.3 is 24.4 Å². The third kappa shape index (κ3) is 5.77. The molecule has 1 aliphatic carbocycles. The van der Waals surface area contributed by atoms with E-state index in [-0.39, 0.29) is 24.5 Å². The maximum Gasteiger partial charge on any atom is 0.322 e. The minimum absolute atomic E-state index is 0.00426. The van der Waals surface area contributed by atoms with Crippen LogP contribution in [0.25, 0.3) is 0 Å². The van der Waals surface area contributed by atoms with Gasteiger partial charge in [-0.15, -0.1) is 0 Å². The Balaban J connectivity index is 1.68. The Kier molecular flexibility index (Phi) is 7.39. The Morgan fingerprint density at radius 3 is 2.67 bits per heavy atom. The number of halogens is 1. The monoisotopic (exact) mass is 432 g/mol. The summed E-state index contributed by atoms with van der Waals surface area (Å²) in [5.74, 6) is -0.0631. The van der Waals surface area contributed by atoms with Crippen LogP contribution < -0.4 is 5.32 Å². The Hall–Kier alpha value is -2.51. The molecular formula is C22H29ClN4O3. The first kappa shape index (κ1) is 22.2. The summed E-state index contributed by atoms with van der Waals surface area (Å²) in [5.41, 5.74) is 2.59. The standard InChI is InChI=1S/C22H29ClN4O3/c1-16-6-7-17(13-20(16)23)24-22(29)26(11-12-30-3)15-21(28)27(18-8-9-18)14-19-5-4-10-25(19)2/h4-7,10,13,18H,8-9,11-12,14-15H2,1-3H3,(H,24,29). The Morgan fingerprint density at radius 2 is 2.07 bits per heavy atom. The predicted octanol–water partition coefficient (Wildman–Crippen LogP) is 3.66. The topological polar surface area (TPSA) is 66.8 Å². The van der Waals surface area contributed by atoms with Crippen molar-refractivity contribution in [2.45, 2.75) is 32.4 Å². The number of benzene rings is 1. The van der Waals surface area contributed by atoms with E-state index in [0.29, 0.717) is 30.4 Å². The first-order valence-corrected chi connectivity index (χ1v) is 10.5. The van der Waals surface area contributed by atoms with Crippen molar-refractivity contribution in [1.82, 2.24) is 14.4 Å². The fourth-order valence-electron chi connectivity index (χ4n) is 3.22. The van der Waals surface area contributed by atoms with Crippen molar-refractivity contribution in [3.63, 3.8) is 0 Å². The predicted molar refractivity (Wildman–Crippen MR) is 118 cm³/mol. The van der Waals surface area contributed by atoms with E-state index in [1.807, 2.05) is 47.8 Å². The summed E-state index contributed by atoms with van der Waals surface area (Å²) in [6.07, 6.45) is 3.97. The molecule has 0 radical (unpaired) electrons. The van der Waals surface area contributed by atoms with E-state index in [2.05, 4.69) is 5.32 Å². The lowest BCUT2D eigenvalue weighted by atomic mass is 10.2. The molecule has 2 aromatic rings. The van der Waals surface area contributed by atoms with Crippen LogP contribution in [-0.2, 0) is 23.1 Å². The zero-order valence-electron chi connectivity index (χ0n) is 17.7. The van der Waals surface area contributed by atoms with Gasteiger partial charge >= 0.3 is 6.03 Å². The van der Waals surface area contributed by atoms with Crippen LogP contribution in [0.3, 0.4) is 0 Å². The average Bonchev–Trinajstić information content (AvgIpc) is 3.47. The maximum absolute atomic E-state index is 13.1. The molecule has 0 saturated heterocycles. The van der Waals surface area contributed by atoms with Crippen LogP contribution in [0.1, 0.15) is 24.1 Å².